The van der Waals surface area contributed by atoms with E-state index in [2.05, 4.69) is 20.8 Å². The van der Waals surface area contributed by atoms with Crippen molar-refractivity contribution in [1.29, 1.82) is 0 Å². The molecule has 0 aliphatic rings. The molecule has 0 fully saturated rings. The third kappa shape index (κ3) is 4.30. The zero-order valence-corrected chi connectivity index (χ0v) is 7.05. The van der Waals surface area contributed by atoms with E-state index in [1.807, 2.05) is 6.08 Å². The van der Waals surface area contributed by atoms with Gasteiger partial charge in [0.1, 0.15) is 6.29 Å². The van der Waals surface area contributed by atoms with Crippen LogP contribution in [0, 0.1) is 5.92 Å². The Hall–Kier alpha value is -0.590. The van der Waals surface area contributed by atoms with Crippen LogP contribution < -0.4 is 0 Å². The smallest absolute Gasteiger partial charge is 0.145 e. The van der Waals surface area contributed by atoms with Crippen molar-refractivity contribution in [2.75, 3.05) is 0 Å². The first-order valence-corrected chi connectivity index (χ1v) is 3.86. The molecule has 1 heteroatoms. The molecule has 0 aromatic carbocycles. The van der Waals surface area contributed by atoms with E-state index >= 15 is 0 Å². The lowest BCUT2D eigenvalue weighted by Gasteiger charge is -1.98. The number of carbonyl (C=O) groups excluding carboxylic acids is 1. The summed E-state index contributed by atoms with van der Waals surface area (Å²) in [5.74, 6) is 0.492. The van der Waals surface area contributed by atoms with Gasteiger partial charge in [-0.15, -0.1) is 0 Å². The van der Waals surface area contributed by atoms with Crippen LogP contribution in [0.3, 0.4) is 0 Å². The molecule has 0 atom stereocenters. The summed E-state index contributed by atoms with van der Waals surface area (Å²) in [6.45, 7) is 6.25. The van der Waals surface area contributed by atoms with E-state index < -0.39 is 0 Å². The molecule has 10 heavy (non-hydrogen) atoms. The largest absolute Gasteiger partial charge is 0.298 e. The number of carbonyl (C=O) groups is 1. The van der Waals surface area contributed by atoms with Crippen LogP contribution in [-0.4, -0.2) is 6.29 Å². The predicted octanol–water partition coefficient (Wildman–Crippen LogP) is 2.57. The first kappa shape index (κ1) is 9.41. The van der Waals surface area contributed by atoms with Crippen LogP contribution in [0.1, 0.15) is 33.6 Å². The van der Waals surface area contributed by atoms with Gasteiger partial charge in [-0.05, 0) is 17.9 Å². The van der Waals surface area contributed by atoms with Crippen molar-refractivity contribution in [3.05, 3.63) is 11.6 Å². The number of hydrogen-bond acceptors (Lipinski definition) is 1. The zero-order chi connectivity index (χ0) is 7.98. The summed E-state index contributed by atoms with van der Waals surface area (Å²) in [6, 6.07) is 0. The van der Waals surface area contributed by atoms with Crippen LogP contribution in [0.5, 0.6) is 0 Å². The van der Waals surface area contributed by atoms with Crippen molar-refractivity contribution in [2.45, 2.75) is 33.6 Å². The van der Waals surface area contributed by atoms with Crippen molar-refractivity contribution < 1.29 is 4.79 Å². The van der Waals surface area contributed by atoms with E-state index in [1.165, 1.54) is 0 Å². The Bertz CT molecular complexity index is 123. The first-order valence-electron chi connectivity index (χ1n) is 3.86. The van der Waals surface area contributed by atoms with Gasteiger partial charge >= 0.3 is 0 Å². The topological polar surface area (TPSA) is 17.1 Å². The maximum atomic E-state index is 10.4. The molecule has 0 N–H and O–H groups in total. The highest BCUT2D eigenvalue weighted by Gasteiger charge is 1.94. The molecule has 0 rings (SSSR count). The Balaban J connectivity index is 3.90. The molecule has 0 unspecified atom stereocenters. The van der Waals surface area contributed by atoms with Crippen LogP contribution in [-0.2, 0) is 4.79 Å². The third-order valence-corrected chi connectivity index (χ3v) is 1.24. The minimum Gasteiger partial charge on any atom is -0.298 e. The molecule has 0 aromatic heterocycles. The second-order valence-corrected chi connectivity index (χ2v) is 2.85. The highest BCUT2D eigenvalue weighted by molar-refractivity contribution is 5.72. The Morgan fingerprint density at radius 2 is 2.10 bits per heavy atom. The highest BCUT2D eigenvalue weighted by atomic mass is 16.1. The average molecular weight is 140 g/mol. The Morgan fingerprint density at radius 3 is 2.40 bits per heavy atom. The summed E-state index contributed by atoms with van der Waals surface area (Å²) in [5.41, 5.74) is 0.942. The molecule has 0 aliphatic heterocycles. The standard InChI is InChI=1S/C9H16O/c1-4-5-9(7-10)6-8(2)3/h6-8H,4-5H2,1-3H3/b9-6+. The number of rotatable bonds is 4. The lowest BCUT2D eigenvalue weighted by atomic mass is 10.1. The molecule has 0 bridgehead atoms. The minimum absolute atomic E-state index is 0.492. The van der Waals surface area contributed by atoms with E-state index in [4.69, 9.17) is 0 Å². The van der Waals surface area contributed by atoms with Crippen molar-refractivity contribution in [2.24, 2.45) is 5.92 Å². The molecule has 0 aliphatic carbocycles. The number of aldehydes is 1. The summed E-state index contributed by atoms with van der Waals surface area (Å²) in [7, 11) is 0. The highest BCUT2D eigenvalue weighted by Crippen LogP contribution is 2.05. The molecule has 0 aromatic rings. The molecule has 0 amide bonds. The summed E-state index contributed by atoms with van der Waals surface area (Å²) < 4.78 is 0. The van der Waals surface area contributed by atoms with Gasteiger partial charge in [0.15, 0.2) is 0 Å². The first-order chi connectivity index (χ1) is 4.70. The van der Waals surface area contributed by atoms with Crippen molar-refractivity contribution in [1.82, 2.24) is 0 Å². The van der Waals surface area contributed by atoms with Crippen LogP contribution >= 0.6 is 0 Å². The molecule has 58 valence electrons. The van der Waals surface area contributed by atoms with Gasteiger partial charge in [-0.2, -0.15) is 0 Å². The van der Waals surface area contributed by atoms with E-state index in [0.29, 0.717) is 5.92 Å². The van der Waals surface area contributed by atoms with E-state index in [-0.39, 0.29) is 0 Å². The van der Waals surface area contributed by atoms with Gasteiger partial charge in [0.05, 0.1) is 0 Å². The fourth-order valence-corrected chi connectivity index (χ4v) is 0.898. The van der Waals surface area contributed by atoms with Crippen LogP contribution in [0.15, 0.2) is 11.6 Å². The Kier molecular flexibility index (Phi) is 4.91. The van der Waals surface area contributed by atoms with Gasteiger partial charge in [-0.1, -0.05) is 33.3 Å². The average Bonchev–Trinajstić information content (AvgIpc) is 1.86. The fraction of sp³-hybridized carbons (Fsp3) is 0.667. The van der Waals surface area contributed by atoms with E-state index in [1.54, 1.807) is 0 Å². The van der Waals surface area contributed by atoms with E-state index in [9.17, 15) is 4.79 Å². The van der Waals surface area contributed by atoms with Gasteiger partial charge < -0.3 is 0 Å². The number of hydrogen-bond donors (Lipinski definition) is 0. The van der Waals surface area contributed by atoms with Gasteiger partial charge in [0.2, 0.25) is 0 Å². The summed E-state index contributed by atoms with van der Waals surface area (Å²) in [5, 5.41) is 0. The molecule has 0 heterocycles. The molecule has 1 nitrogen and oxygen atoms in total. The van der Waals surface area contributed by atoms with Crippen LogP contribution in [0.25, 0.3) is 0 Å². The van der Waals surface area contributed by atoms with Gasteiger partial charge in [-0.3, -0.25) is 4.79 Å². The van der Waals surface area contributed by atoms with Crippen molar-refractivity contribution in [3.63, 3.8) is 0 Å². The third-order valence-electron chi connectivity index (χ3n) is 1.24. The monoisotopic (exact) mass is 140 g/mol. The van der Waals surface area contributed by atoms with Gasteiger partial charge in [-0.25, -0.2) is 0 Å². The summed E-state index contributed by atoms with van der Waals surface area (Å²) >= 11 is 0. The maximum Gasteiger partial charge on any atom is 0.145 e. The quantitative estimate of drug-likeness (QED) is 0.433. The van der Waals surface area contributed by atoms with Gasteiger partial charge in [0, 0.05) is 0 Å². The van der Waals surface area contributed by atoms with Crippen LogP contribution in [0.4, 0.5) is 0 Å². The molecule has 0 radical (unpaired) electrons. The van der Waals surface area contributed by atoms with E-state index in [0.717, 1.165) is 24.7 Å². The Morgan fingerprint density at radius 1 is 1.50 bits per heavy atom. The molecule has 0 saturated carbocycles. The Labute approximate surface area is 63.1 Å². The molecular formula is C9H16O. The van der Waals surface area contributed by atoms with Crippen LogP contribution in [0.2, 0.25) is 0 Å². The fourth-order valence-electron chi connectivity index (χ4n) is 0.898. The lowest BCUT2D eigenvalue weighted by molar-refractivity contribution is -0.105. The number of allylic oxidation sites excluding steroid dienone is 2. The molecule has 0 spiro atoms. The molecule has 0 saturated heterocycles. The molecular weight excluding hydrogens is 124 g/mol. The second-order valence-electron chi connectivity index (χ2n) is 2.85. The normalized spacial score (nSPS) is 12.2. The van der Waals surface area contributed by atoms with Crippen molar-refractivity contribution in [3.8, 4) is 0 Å². The van der Waals surface area contributed by atoms with Crippen molar-refractivity contribution >= 4 is 6.29 Å². The SMILES string of the molecule is CCC/C(C=O)=C\C(C)C. The summed E-state index contributed by atoms with van der Waals surface area (Å²) in [4.78, 5) is 10.4. The lowest BCUT2D eigenvalue weighted by Crippen LogP contribution is -1.88. The predicted molar refractivity (Wildman–Crippen MR) is 43.9 cm³/mol. The summed E-state index contributed by atoms with van der Waals surface area (Å²) in [6.07, 6.45) is 4.96. The zero-order valence-electron chi connectivity index (χ0n) is 7.05. The maximum absolute atomic E-state index is 10.4. The van der Waals surface area contributed by atoms with Gasteiger partial charge in [0.25, 0.3) is 0 Å². The minimum atomic E-state index is 0.492. The second kappa shape index (κ2) is 5.21.